The molecule has 0 spiro atoms. The van der Waals surface area contributed by atoms with Crippen molar-refractivity contribution in [2.75, 3.05) is 25.2 Å². The second-order valence-corrected chi connectivity index (χ2v) is 12.1. The van der Waals surface area contributed by atoms with Gasteiger partial charge < -0.3 is 14.4 Å². The summed E-state index contributed by atoms with van der Waals surface area (Å²) in [7, 11) is 1.51. The van der Waals surface area contributed by atoms with Crippen LogP contribution in [0.1, 0.15) is 36.6 Å². The molecule has 3 heterocycles. The van der Waals surface area contributed by atoms with E-state index in [4.69, 9.17) is 26.1 Å². The number of fused-ring (bicyclic) bond motifs is 2. The van der Waals surface area contributed by atoms with Gasteiger partial charge in [-0.25, -0.2) is 9.79 Å². The summed E-state index contributed by atoms with van der Waals surface area (Å²) in [5.41, 5.74) is 2.88. The summed E-state index contributed by atoms with van der Waals surface area (Å²) >= 11 is 11.1. The smallest absolute Gasteiger partial charge is 0.338 e. The molecule has 3 aromatic carbocycles. The highest BCUT2D eigenvalue weighted by Gasteiger charge is 2.39. The first-order valence-electron chi connectivity index (χ1n) is 13.5. The molecular weight excluding hydrogens is 654 g/mol. The highest BCUT2D eigenvalue weighted by atomic mass is 79.9. The number of esters is 1. The number of likely N-dealkylation sites (N-methyl/N-ethyl adjacent to an activating group) is 1. The van der Waals surface area contributed by atoms with E-state index in [-0.39, 0.29) is 22.6 Å². The molecule has 2 aliphatic rings. The highest BCUT2D eigenvalue weighted by molar-refractivity contribution is 9.10. The van der Waals surface area contributed by atoms with Crippen molar-refractivity contribution in [2.24, 2.45) is 4.99 Å². The Morgan fingerprint density at radius 1 is 1.07 bits per heavy atom. The zero-order chi connectivity index (χ0) is 30.4. The monoisotopic (exact) mass is 677 g/mol. The maximum Gasteiger partial charge on any atom is 0.338 e. The second-order valence-electron chi connectivity index (χ2n) is 9.72. The van der Waals surface area contributed by atoms with Crippen LogP contribution in [0, 0.1) is 0 Å². The van der Waals surface area contributed by atoms with Crippen LogP contribution < -0.4 is 24.5 Å². The molecule has 0 saturated heterocycles. The van der Waals surface area contributed by atoms with Crippen LogP contribution in [0.4, 0.5) is 5.69 Å². The summed E-state index contributed by atoms with van der Waals surface area (Å²) in [6, 6.07) is 18.8. The third-order valence-corrected chi connectivity index (χ3v) is 9.14. The van der Waals surface area contributed by atoms with Gasteiger partial charge in [-0.05, 0) is 50.2 Å². The van der Waals surface area contributed by atoms with Gasteiger partial charge in [0.15, 0.2) is 4.80 Å². The predicted octanol–water partition coefficient (Wildman–Crippen LogP) is 5.10. The largest absolute Gasteiger partial charge is 0.496 e. The zero-order valence-electron chi connectivity index (χ0n) is 23.4. The maximum absolute atomic E-state index is 14.5. The molecule has 2 aliphatic heterocycles. The van der Waals surface area contributed by atoms with Gasteiger partial charge in [-0.2, -0.15) is 0 Å². The number of nitrogens with zero attached hydrogens (tertiary/aromatic N) is 3. The van der Waals surface area contributed by atoms with Gasteiger partial charge in [0.05, 0.1) is 36.2 Å². The number of benzene rings is 3. The molecule has 0 saturated carbocycles. The molecule has 0 aliphatic carbocycles. The van der Waals surface area contributed by atoms with Gasteiger partial charge in [0, 0.05) is 32.7 Å². The van der Waals surface area contributed by atoms with Crippen molar-refractivity contribution >= 4 is 67.7 Å². The Hall–Kier alpha value is -3.99. The molecule has 218 valence electrons. The molecule has 11 heteroatoms. The normalized spacial score (nSPS) is 17.0. The molecule has 0 fully saturated rings. The van der Waals surface area contributed by atoms with Gasteiger partial charge in [0.25, 0.3) is 11.5 Å². The van der Waals surface area contributed by atoms with Crippen LogP contribution in [0.25, 0.3) is 11.3 Å². The lowest BCUT2D eigenvalue weighted by atomic mass is 9.92. The van der Waals surface area contributed by atoms with Gasteiger partial charge in [0.2, 0.25) is 0 Å². The quantitative estimate of drug-likeness (QED) is 0.265. The van der Waals surface area contributed by atoms with Crippen LogP contribution >= 0.6 is 38.9 Å². The standard InChI is InChI=1S/C32H25BrClN3O5S/c1-4-36-22-13-11-18(33)15-20(22)24(29(36)38)28-30(39)37-27(21-16-19(34)12-14-23(21)41-3)25(31(40)42-5-2)26(35-32(37)43-28)17-9-7-6-8-10-17/h6-16,27H,4-5H2,1-3H3/b28-24-/t27-/m1/s1. The number of hydrogen-bond acceptors (Lipinski definition) is 7. The van der Waals surface area contributed by atoms with Gasteiger partial charge >= 0.3 is 5.97 Å². The van der Waals surface area contributed by atoms with Crippen molar-refractivity contribution in [3.8, 4) is 5.75 Å². The number of rotatable bonds is 6. The van der Waals surface area contributed by atoms with Crippen molar-refractivity contribution < 1.29 is 19.1 Å². The molecular formula is C32H25BrClN3O5S. The van der Waals surface area contributed by atoms with Crippen LogP contribution in [0.3, 0.4) is 0 Å². The lowest BCUT2D eigenvalue weighted by Crippen LogP contribution is -2.41. The number of carbonyl (C=O) groups excluding carboxylic acids is 2. The second kappa shape index (κ2) is 11.6. The van der Waals surface area contributed by atoms with Crippen molar-refractivity contribution in [1.29, 1.82) is 0 Å². The highest BCUT2D eigenvalue weighted by Crippen LogP contribution is 2.41. The van der Waals surface area contributed by atoms with Crippen molar-refractivity contribution in [3.63, 3.8) is 0 Å². The predicted molar refractivity (Wildman–Crippen MR) is 170 cm³/mol. The van der Waals surface area contributed by atoms with E-state index in [0.717, 1.165) is 21.5 Å². The van der Waals surface area contributed by atoms with Crippen LogP contribution in [-0.4, -0.2) is 36.7 Å². The first-order valence-corrected chi connectivity index (χ1v) is 15.5. The van der Waals surface area contributed by atoms with E-state index >= 15 is 0 Å². The number of halogens is 2. The Kier molecular flexibility index (Phi) is 7.85. The van der Waals surface area contributed by atoms with E-state index in [0.29, 0.717) is 50.1 Å². The first-order chi connectivity index (χ1) is 20.8. The molecule has 6 rings (SSSR count). The third-order valence-electron chi connectivity index (χ3n) is 7.36. The number of amides is 1. The lowest BCUT2D eigenvalue weighted by Gasteiger charge is -2.27. The van der Waals surface area contributed by atoms with Crippen LogP contribution in [0.5, 0.6) is 5.75 Å². The summed E-state index contributed by atoms with van der Waals surface area (Å²) in [6.07, 6.45) is 0. The van der Waals surface area contributed by atoms with Gasteiger partial charge in [-0.3, -0.25) is 14.2 Å². The maximum atomic E-state index is 14.5. The molecule has 0 radical (unpaired) electrons. The molecule has 0 bridgehead atoms. The van der Waals surface area contributed by atoms with Gasteiger partial charge in [0.1, 0.15) is 16.3 Å². The minimum Gasteiger partial charge on any atom is -0.496 e. The molecule has 0 N–H and O–H groups in total. The molecule has 0 unspecified atom stereocenters. The van der Waals surface area contributed by atoms with Crippen molar-refractivity contribution in [1.82, 2.24) is 4.57 Å². The van der Waals surface area contributed by atoms with E-state index in [1.54, 1.807) is 30.0 Å². The SMILES string of the molecule is CCOC(=O)C1=C(c2ccccc2)N=c2s/c(=C3\C(=O)N(CC)c4ccc(Br)cc43)c(=O)n2[C@@H]1c1cc(Cl)ccc1OC. The number of ether oxygens (including phenoxy) is 2. The van der Waals surface area contributed by atoms with Crippen LogP contribution in [0.15, 0.2) is 86.6 Å². The Bertz CT molecular complexity index is 2020. The van der Waals surface area contributed by atoms with Crippen molar-refractivity contribution in [3.05, 3.63) is 118 Å². The number of hydrogen-bond donors (Lipinski definition) is 0. The fourth-order valence-corrected chi connectivity index (χ4v) is 7.17. The number of thiazole rings is 1. The Morgan fingerprint density at radius 2 is 1.84 bits per heavy atom. The summed E-state index contributed by atoms with van der Waals surface area (Å²) in [5, 5.41) is 0.394. The van der Waals surface area contributed by atoms with E-state index in [1.165, 1.54) is 11.7 Å². The van der Waals surface area contributed by atoms with Crippen molar-refractivity contribution in [2.45, 2.75) is 19.9 Å². The summed E-state index contributed by atoms with van der Waals surface area (Å²) in [5.74, 6) is -0.476. The molecule has 1 atom stereocenters. The van der Waals surface area contributed by atoms with Crippen LogP contribution in [0.2, 0.25) is 5.02 Å². The average molecular weight is 679 g/mol. The van der Waals surface area contributed by atoms with E-state index in [1.807, 2.05) is 55.5 Å². The first kappa shape index (κ1) is 29.1. The minimum absolute atomic E-state index is 0.116. The lowest BCUT2D eigenvalue weighted by molar-refractivity contribution is -0.138. The number of methoxy groups -OCH3 is 1. The number of aromatic nitrogens is 1. The Balaban J connectivity index is 1.76. The zero-order valence-corrected chi connectivity index (χ0v) is 26.5. The average Bonchev–Trinajstić information content (AvgIpc) is 3.47. The summed E-state index contributed by atoms with van der Waals surface area (Å²) in [4.78, 5) is 49.0. The number of anilines is 1. The topological polar surface area (TPSA) is 90.2 Å². The molecule has 1 aromatic heterocycles. The Morgan fingerprint density at radius 3 is 2.53 bits per heavy atom. The van der Waals surface area contributed by atoms with E-state index in [9.17, 15) is 14.4 Å². The number of carbonyl (C=O) groups is 2. The van der Waals surface area contributed by atoms with Gasteiger partial charge in [-0.1, -0.05) is 69.2 Å². The van der Waals surface area contributed by atoms with Crippen LogP contribution in [-0.2, 0) is 14.3 Å². The van der Waals surface area contributed by atoms with E-state index < -0.39 is 17.6 Å². The van der Waals surface area contributed by atoms with E-state index in [2.05, 4.69) is 15.9 Å². The molecule has 8 nitrogen and oxygen atoms in total. The molecule has 4 aromatic rings. The summed E-state index contributed by atoms with van der Waals surface area (Å²) in [6.45, 7) is 4.15. The van der Waals surface area contributed by atoms with Gasteiger partial charge in [-0.15, -0.1) is 0 Å². The minimum atomic E-state index is -1.01. The molecule has 43 heavy (non-hydrogen) atoms. The molecule has 1 amide bonds. The fraction of sp³-hybridized carbons (Fsp3) is 0.188. The Labute approximate surface area is 264 Å². The summed E-state index contributed by atoms with van der Waals surface area (Å²) < 4.78 is 13.7. The fourth-order valence-electron chi connectivity index (χ4n) is 5.54. The third kappa shape index (κ3) is 4.83.